The number of amides is 1. The third-order valence-electron chi connectivity index (χ3n) is 4.34. The van der Waals surface area contributed by atoms with E-state index in [0.717, 1.165) is 48.8 Å². The highest BCUT2D eigenvalue weighted by molar-refractivity contribution is 7.13. The average molecular weight is 359 g/mol. The third kappa shape index (κ3) is 4.19. The molecule has 5 nitrogen and oxygen atoms in total. The molecule has 0 aliphatic carbocycles. The van der Waals surface area contributed by atoms with E-state index in [1.54, 1.807) is 0 Å². The van der Waals surface area contributed by atoms with Gasteiger partial charge in [-0.3, -0.25) is 4.79 Å². The van der Waals surface area contributed by atoms with Crippen LogP contribution in [0.3, 0.4) is 0 Å². The van der Waals surface area contributed by atoms with E-state index in [4.69, 9.17) is 4.74 Å². The quantitative estimate of drug-likeness (QED) is 0.823. The van der Waals surface area contributed by atoms with Crippen LogP contribution >= 0.6 is 11.3 Å². The fourth-order valence-corrected chi connectivity index (χ4v) is 3.91. The van der Waals surface area contributed by atoms with Gasteiger partial charge in [-0.1, -0.05) is 6.92 Å². The van der Waals surface area contributed by atoms with Crippen LogP contribution in [-0.2, 0) is 0 Å². The van der Waals surface area contributed by atoms with Crippen molar-refractivity contribution in [1.82, 2.24) is 15.2 Å². The van der Waals surface area contributed by atoms with Gasteiger partial charge in [0.05, 0.1) is 6.61 Å². The Balaban J connectivity index is 1.75. The van der Waals surface area contributed by atoms with E-state index < -0.39 is 0 Å². The van der Waals surface area contributed by atoms with Gasteiger partial charge < -0.3 is 15.0 Å². The van der Waals surface area contributed by atoms with Crippen molar-refractivity contribution in [1.29, 1.82) is 0 Å². The monoisotopic (exact) mass is 359 g/mol. The summed E-state index contributed by atoms with van der Waals surface area (Å²) in [7, 11) is 0. The van der Waals surface area contributed by atoms with Gasteiger partial charge in [-0.2, -0.15) is 0 Å². The van der Waals surface area contributed by atoms with Gasteiger partial charge in [0.25, 0.3) is 5.91 Å². The number of benzene rings is 1. The summed E-state index contributed by atoms with van der Waals surface area (Å²) in [6, 6.07) is 8.14. The van der Waals surface area contributed by atoms with Crippen molar-refractivity contribution in [2.45, 2.75) is 32.7 Å². The van der Waals surface area contributed by atoms with Gasteiger partial charge in [-0.25, -0.2) is 4.98 Å². The first-order chi connectivity index (χ1) is 12.2. The molecular weight excluding hydrogens is 334 g/mol. The Labute approximate surface area is 153 Å². The number of hydrogen-bond donors (Lipinski definition) is 1. The molecule has 134 valence electrons. The number of carbonyl (C=O) groups excluding carboxylic acids is 1. The summed E-state index contributed by atoms with van der Waals surface area (Å²) in [6.45, 7) is 7.36. The number of thiazole rings is 1. The molecule has 1 saturated heterocycles. The Morgan fingerprint density at radius 3 is 2.80 bits per heavy atom. The molecule has 25 heavy (non-hydrogen) atoms. The zero-order valence-electron chi connectivity index (χ0n) is 14.8. The first-order valence-electron chi connectivity index (χ1n) is 8.93. The smallest absolute Gasteiger partial charge is 0.273 e. The largest absolute Gasteiger partial charge is 0.494 e. The second kappa shape index (κ2) is 8.45. The Hall–Kier alpha value is -1.92. The molecule has 6 heteroatoms. The minimum absolute atomic E-state index is 0.0454. The van der Waals surface area contributed by atoms with Crippen LogP contribution in [0.15, 0.2) is 29.6 Å². The average Bonchev–Trinajstić information content (AvgIpc) is 3.32. The second-order valence-corrected chi connectivity index (χ2v) is 7.00. The predicted molar refractivity (Wildman–Crippen MR) is 101 cm³/mol. The van der Waals surface area contributed by atoms with E-state index in [0.29, 0.717) is 12.3 Å². The number of carbonyl (C=O) groups is 1. The van der Waals surface area contributed by atoms with Crippen molar-refractivity contribution >= 4 is 17.2 Å². The lowest BCUT2D eigenvalue weighted by Gasteiger charge is -2.27. The summed E-state index contributed by atoms with van der Waals surface area (Å²) >= 11 is 1.51. The number of nitrogens with one attached hydrogen (secondary N) is 1. The standard InChI is InChI=1S/C19H25N3O2S/c1-3-11-22(15-9-10-20-12-15)19(23)17-13-25-18(21-17)14-5-7-16(8-6-14)24-4-2/h5-8,13,15,20H,3-4,9-12H2,1-2H3. The lowest BCUT2D eigenvalue weighted by molar-refractivity contribution is 0.0687. The van der Waals surface area contributed by atoms with Gasteiger partial charge >= 0.3 is 0 Å². The Morgan fingerprint density at radius 2 is 2.16 bits per heavy atom. The van der Waals surface area contributed by atoms with Crippen LogP contribution in [0.1, 0.15) is 37.2 Å². The Bertz CT molecular complexity index is 693. The molecule has 1 amide bonds. The van der Waals surface area contributed by atoms with Crippen molar-refractivity contribution in [2.24, 2.45) is 0 Å². The summed E-state index contributed by atoms with van der Waals surface area (Å²) in [6.07, 6.45) is 1.97. The second-order valence-electron chi connectivity index (χ2n) is 6.14. The van der Waals surface area contributed by atoms with E-state index in [9.17, 15) is 4.79 Å². The van der Waals surface area contributed by atoms with E-state index in [-0.39, 0.29) is 11.9 Å². The van der Waals surface area contributed by atoms with Gasteiger partial charge in [0.15, 0.2) is 0 Å². The molecule has 1 fully saturated rings. The lowest BCUT2D eigenvalue weighted by Crippen LogP contribution is -2.42. The van der Waals surface area contributed by atoms with Crippen LogP contribution in [0, 0.1) is 0 Å². The van der Waals surface area contributed by atoms with Crippen LogP contribution in [0.5, 0.6) is 5.75 Å². The number of nitrogens with zero attached hydrogens (tertiary/aromatic N) is 2. The zero-order valence-corrected chi connectivity index (χ0v) is 15.6. The van der Waals surface area contributed by atoms with Gasteiger partial charge in [-0.05, 0) is 50.6 Å². The minimum Gasteiger partial charge on any atom is -0.494 e. The highest BCUT2D eigenvalue weighted by atomic mass is 32.1. The van der Waals surface area contributed by atoms with Crippen molar-refractivity contribution in [3.8, 4) is 16.3 Å². The number of rotatable bonds is 7. The Morgan fingerprint density at radius 1 is 1.36 bits per heavy atom. The summed E-state index contributed by atoms with van der Waals surface area (Å²) in [5, 5.41) is 6.08. The number of hydrogen-bond acceptors (Lipinski definition) is 5. The summed E-state index contributed by atoms with van der Waals surface area (Å²) in [5.74, 6) is 0.894. The van der Waals surface area contributed by atoms with Crippen molar-refractivity contribution in [3.63, 3.8) is 0 Å². The van der Waals surface area contributed by atoms with Crippen LogP contribution in [0.2, 0.25) is 0 Å². The fraction of sp³-hybridized carbons (Fsp3) is 0.474. The van der Waals surface area contributed by atoms with Crippen molar-refractivity contribution in [2.75, 3.05) is 26.2 Å². The molecule has 1 aliphatic heterocycles. The normalized spacial score (nSPS) is 16.8. The molecule has 2 aromatic rings. The molecule has 0 saturated carbocycles. The van der Waals surface area contributed by atoms with Crippen LogP contribution < -0.4 is 10.1 Å². The maximum absolute atomic E-state index is 12.9. The molecule has 1 N–H and O–H groups in total. The maximum atomic E-state index is 12.9. The summed E-state index contributed by atoms with van der Waals surface area (Å²) in [5.41, 5.74) is 1.56. The van der Waals surface area contributed by atoms with Crippen LogP contribution in [0.25, 0.3) is 10.6 Å². The molecule has 1 aromatic heterocycles. The molecule has 0 spiro atoms. The molecule has 2 heterocycles. The SMILES string of the molecule is CCCN(C(=O)c1csc(-c2ccc(OCC)cc2)n1)C1CCNC1. The highest BCUT2D eigenvalue weighted by Gasteiger charge is 2.28. The van der Waals surface area contributed by atoms with E-state index in [2.05, 4.69) is 17.2 Å². The van der Waals surface area contributed by atoms with E-state index in [1.807, 2.05) is 41.5 Å². The zero-order chi connectivity index (χ0) is 17.6. The van der Waals surface area contributed by atoms with Crippen molar-refractivity contribution < 1.29 is 9.53 Å². The van der Waals surface area contributed by atoms with E-state index in [1.165, 1.54) is 11.3 Å². The van der Waals surface area contributed by atoms with Crippen LogP contribution in [0.4, 0.5) is 0 Å². The topological polar surface area (TPSA) is 54.5 Å². The number of ether oxygens (including phenoxy) is 1. The molecule has 1 unspecified atom stereocenters. The molecule has 3 rings (SSSR count). The lowest BCUT2D eigenvalue weighted by atomic mass is 10.2. The molecule has 1 aromatic carbocycles. The Kier molecular flexibility index (Phi) is 6.04. The first kappa shape index (κ1) is 17.9. The van der Waals surface area contributed by atoms with E-state index >= 15 is 0 Å². The summed E-state index contributed by atoms with van der Waals surface area (Å²) in [4.78, 5) is 19.5. The molecule has 0 radical (unpaired) electrons. The van der Waals surface area contributed by atoms with Gasteiger partial charge in [0.1, 0.15) is 16.5 Å². The predicted octanol–water partition coefficient (Wildman–Crippen LogP) is 3.42. The molecule has 1 atom stereocenters. The molecule has 1 aliphatic rings. The summed E-state index contributed by atoms with van der Waals surface area (Å²) < 4.78 is 5.47. The molecular formula is C19H25N3O2S. The first-order valence-corrected chi connectivity index (χ1v) is 9.81. The fourth-order valence-electron chi connectivity index (χ4n) is 3.11. The number of aromatic nitrogens is 1. The van der Waals surface area contributed by atoms with Crippen LogP contribution in [-0.4, -0.2) is 48.1 Å². The highest BCUT2D eigenvalue weighted by Crippen LogP contribution is 2.27. The van der Waals surface area contributed by atoms with Gasteiger partial charge in [0, 0.05) is 30.1 Å². The van der Waals surface area contributed by atoms with Crippen molar-refractivity contribution in [3.05, 3.63) is 35.3 Å². The van der Waals surface area contributed by atoms with Gasteiger partial charge in [0.2, 0.25) is 0 Å². The minimum atomic E-state index is 0.0454. The maximum Gasteiger partial charge on any atom is 0.273 e. The third-order valence-corrected chi connectivity index (χ3v) is 5.23. The molecule has 0 bridgehead atoms. The van der Waals surface area contributed by atoms with Gasteiger partial charge in [-0.15, -0.1) is 11.3 Å².